The second-order valence-electron chi connectivity index (χ2n) is 3.30. The van der Waals surface area contributed by atoms with E-state index in [1.165, 1.54) is 12.1 Å². The van der Waals surface area contributed by atoms with Gasteiger partial charge in [-0.2, -0.15) is 0 Å². The van der Waals surface area contributed by atoms with E-state index in [1.807, 2.05) is 0 Å². The van der Waals surface area contributed by atoms with Crippen LogP contribution in [-0.4, -0.2) is 6.98 Å². The molecule has 0 aliphatic heterocycles. The van der Waals surface area contributed by atoms with Crippen LogP contribution in [0, 0.1) is 0 Å². The Morgan fingerprint density at radius 1 is 0.933 bits per heavy atom. The summed E-state index contributed by atoms with van der Waals surface area (Å²) in [6, 6.07) is 9.66. The number of fused-ring (bicyclic) bond motifs is 1. The van der Waals surface area contributed by atoms with Crippen LogP contribution in [0.5, 0.6) is 0 Å². The maximum absolute atomic E-state index is 12.6. The molecule has 15 heavy (non-hydrogen) atoms. The van der Waals surface area contributed by atoms with Crippen LogP contribution in [0.25, 0.3) is 10.8 Å². The van der Waals surface area contributed by atoms with E-state index in [0.29, 0.717) is 5.39 Å². The van der Waals surface area contributed by atoms with Crippen molar-refractivity contribution < 1.29 is 12.9 Å². The third-order valence-corrected chi connectivity index (χ3v) is 2.90. The molecule has 0 aliphatic rings. The summed E-state index contributed by atoms with van der Waals surface area (Å²) in [7, 11) is 0. The summed E-state index contributed by atoms with van der Waals surface area (Å²) in [6.45, 7) is -4.96. The summed E-state index contributed by atoms with van der Waals surface area (Å²) in [6.07, 6.45) is 0. The molecular formula is C10H6BBrF3-. The minimum atomic E-state index is -4.96. The smallest absolute Gasteiger partial charge is 0.445 e. The van der Waals surface area contributed by atoms with E-state index in [4.69, 9.17) is 0 Å². The molecule has 0 saturated carbocycles. The van der Waals surface area contributed by atoms with Gasteiger partial charge in [0.15, 0.2) is 0 Å². The number of hydrogen-bond acceptors (Lipinski definition) is 0. The minimum absolute atomic E-state index is 0.105. The number of halogens is 4. The molecule has 0 saturated heterocycles. The molecule has 0 amide bonds. The summed E-state index contributed by atoms with van der Waals surface area (Å²) in [4.78, 5) is 0. The van der Waals surface area contributed by atoms with E-state index in [-0.39, 0.29) is 4.47 Å². The Hall–Kier alpha value is -0.965. The third kappa shape index (κ3) is 2.02. The fourth-order valence-electron chi connectivity index (χ4n) is 1.48. The van der Waals surface area contributed by atoms with Gasteiger partial charge in [-0.05, 0) is 21.3 Å². The highest BCUT2D eigenvalue weighted by Crippen LogP contribution is 2.22. The van der Waals surface area contributed by atoms with Crippen molar-refractivity contribution in [2.45, 2.75) is 0 Å². The second-order valence-corrected chi connectivity index (χ2v) is 4.15. The molecular weight excluding hydrogens is 268 g/mol. The van der Waals surface area contributed by atoms with Gasteiger partial charge in [0.1, 0.15) is 0 Å². The zero-order valence-electron chi connectivity index (χ0n) is 7.55. The Morgan fingerprint density at radius 3 is 2.00 bits per heavy atom. The first-order chi connectivity index (χ1) is 6.98. The van der Waals surface area contributed by atoms with Crippen LogP contribution in [-0.2, 0) is 0 Å². The van der Waals surface area contributed by atoms with Crippen molar-refractivity contribution in [1.82, 2.24) is 0 Å². The Morgan fingerprint density at radius 2 is 1.47 bits per heavy atom. The highest BCUT2D eigenvalue weighted by atomic mass is 79.9. The molecule has 0 nitrogen and oxygen atoms in total. The molecule has 0 aromatic heterocycles. The highest BCUT2D eigenvalue weighted by Gasteiger charge is 2.27. The summed E-state index contributed by atoms with van der Waals surface area (Å²) < 4.78 is 37.9. The van der Waals surface area contributed by atoms with E-state index in [9.17, 15) is 12.9 Å². The van der Waals surface area contributed by atoms with Crippen LogP contribution in [0.4, 0.5) is 12.9 Å². The maximum atomic E-state index is 12.6. The number of benzene rings is 2. The van der Waals surface area contributed by atoms with Crippen molar-refractivity contribution in [2.24, 2.45) is 0 Å². The lowest BCUT2D eigenvalue weighted by atomic mass is 9.79. The highest BCUT2D eigenvalue weighted by molar-refractivity contribution is 9.10. The lowest BCUT2D eigenvalue weighted by Crippen LogP contribution is -2.35. The topological polar surface area (TPSA) is 0 Å². The van der Waals surface area contributed by atoms with Crippen LogP contribution in [0.15, 0.2) is 40.9 Å². The molecule has 0 heterocycles. The molecule has 2 aromatic carbocycles. The minimum Gasteiger partial charge on any atom is -0.445 e. The van der Waals surface area contributed by atoms with E-state index in [0.717, 1.165) is 5.39 Å². The largest absolute Gasteiger partial charge is 0.510 e. The molecule has 78 valence electrons. The molecule has 0 radical (unpaired) electrons. The summed E-state index contributed by atoms with van der Waals surface area (Å²) in [5.74, 6) is 0. The van der Waals surface area contributed by atoms with Gasteiger partial charge in [-0.25, -0.2) is 0 Å². The van der Waals surface area contributed by atoms with Crippen molar-refractivity contribution in [3.8, 4) is 0 Å². The standard InChI is InChI=1S/C10H6BBrF3/c12-10-6-8-4-2-1-3-7(8)5-9(10)11(13,14)15/h1-6H/q-1. The molecule has 0 N–H and O–H groups in total. The van der Waals surface area contributed by atoms with Crippen molar-refractivity contribution >= 4 is 39.1 Å². The molecule has 2 rings (SSSR count). The molecule has 0 unspecified atom stereocenters. The first kappa shape index (κ1) is 10.5. The Bertz CT molecular complexity index is 507. The van der Waals surface area contributed by atoms with Gasteiger partial charge in [-0.15, -0.1) is 0 Å². The third-order valence-electron chi connectivity index (χ3n) is 2.22. The van der Waals surface area contributed by atoms with E-state index < -0.39 is 12.4 Å². The predicted molar refractivity (Wildman–Crippen MR) is 60.4 cm³/mol. The molecule has 0 spiro atoms. The lowest BCUT2D eigenvalue weighted by Gasteiger charge is -2.17. The van der Waals surface area contributed by atoms with E-state index >= 15 is 0 Å². The van der Waals surface area contributed by atoms with E-state index in [2.05, 4.69) is 15.9 Å². The van der Waals surface area contributed by atoms with Gasteiger partial charge >= 0.3 is 6.98 Å². The zero-order valence-corrected chi connectivity index (χ0v) is 9.14. The van der Waals surface area contributed by atoms with Crippen molar-refractivity contribution in [1.29, 1.82) is 0 Å². The summed E-state index contributed by atoms with van der Waals surface area (Å²) >= 11 is 2.95. The molecule has 0 fully saturated rings. The molecule has 2 aromatic rings. The summed E-state index contributed by atoms with van der Waals surface area (Å²) in [5.41, 5.74) is -0.575. The maximum Gasteiger partial charge on any atom is 0.510 e. The number of rotatable bonds is 1. The van der Waals surface area contributed by atoms with Crippen LogP contribution in [0.3, 0.4) is 0 Å². The van der Waals surface area contributed by atoms with Crippen LogP contribution in [0.2, 0.25) is 0 Å². The molecule has 0 atom stereocenters. The van der Waals surface area contributed by atoms with Gasteiger partial charge in [0, 0.05) is 0 Å². The van der Waals surface area contributed by atoms with E-state index in [1.54, 1.807) is 24.3 Å². The monoisotopic (exact) mass is 273 g/mol. The lowest BCUT2D eigenvalue weighted by molar-refractivity contribution is 0.500. The van der Waals surface area contributed by atoms with Gasteiger partial charge in [0.2, 0.25) is 0 Å². The molecule has 0 bridgehead atoms. The Kier molecular flexibility index (Phi) is 2.50. The predicted octanol–water partition coefficient (Wildman–Crippen LogP) is 3.66. The SMILES string of the molecule is F[B-](F)(F)c1cc2ccccc2cc1Br. The fraction of sp³-hybridized carbons (Fsp3) is 0. The normalized spacial score (nSPS) is 12.0. The average Bonchev–Trinajstić information content (AvgIpc) is 2.15. The van der Waals surface area contributed by atoms with Gasteiger partial charge in [-0.1, -0.05) is 51.7 Å². The van der Waals surface area contributed by atoms with Crippen molar-refractivity contribution in [2.75, 3.05) is 0 Å². The van der Waals surface area contributed by atoms with Crippen LogP contribution < -0.4 is 5.46 Å². The first-order valence-corrected chi connectivity index (χ1v) is 5.16. The Labute approximate surface area is 93.3 Å². The van der Waals surface area contributed by atoms with Crippen molar-refractivity contribution in [3.05, 3.63) is 40.9 Å². The zero-order chi connectivity index (χ0) is 11.1. The average molecular weight is 274 g/mol. The van der Waals surface area contributed by atoms with Crippen molar-refractivity contribution in [3.63, 3.8) is 0 Å². The number of hydrogen-bond donors (Lipinski definition) is 0. The quantitative estimate of drug-likeness (QED) is 0.696. The van der Waals surface area contributed by atoms with Gasteiger partial charge in [0.05, 0.1) is 0 Å². The van der Waals surface area contributed by atoms with Crippen LogP contribution >= 0.6 is 15.9 Å². The van der Waals surface area contributed by atoms with Gasteiger partial charge in [0.25, 0.3) is 0 Å². The molecule has 0 aliphatic carbocycles. The first-order valence-electron chi connectivity index (χ1n) is 4.36. The Balaban J connectivity index is 2.73. The second kappa shape index (κ2) is 3.56. The van der Waals surface area contributed by atoms with Gasteiger partial charge in [-0.3, -0.25) is 0 Å². The summed E-state index contributed by atoms with van der Waals surface area (Å²) in [5, 5.41) is 1.41. The van der Waals surface area contributed by atoms with Crippen LogP contribution in [0.1, 0.15) is 0 Å². The van der Waals surface area contributed by atoms with Gasteiger partial charge < -0.3 is 12.9 Å². The molecule has 5 heteroatoms. The fourth-order valence-corrected chi connectivity index (χ4v) is 2.10.